The number of hydrogen-bond acceptors (Lipinski definition) is 7. The van der Waals surface area contributed by atoms with Crippen LogP contribution < -0.4 is 16.0 Å². The number of rotatable bonds is 4. The lowest BCUT2D eigenvalue weighted by Gasteiger charge is -2.09. The van der Waals surface area contributed by atoms with E-state index in [0.29, 0.717) is 9.43 Å². The molecule has 0 bridgehead atoms. The van der Waals surface area contributed by atoms with E-state index in [0.717, 1.165) is 0 Å². The van der Waals surface area contributed by atoms with Gasteiger partial charge in [0.2, 0.25) is 5.03 Å². The van der Waals surface area contributed by atoms with E-state index in [1.165, 1.54) is 21.9 Å². The fourth-order valence-electron chi connectivity index (χ4n) is 1.75. The van der Waals surface area contributed by atoms with Gasteiger partial charge in [0.15, 0.2) is 16.6 Å². The summed E-state index contributed by atoms with van der Waals surface area (Å²) in [5.74, 6) is 5.61. The van der Waals surface area contributed by atoms with Gasteiger partial charge in [-0.3, -0.25) is 9.12 Å². The van der Waals surface area contributed by atoms with E-state index in [1.54, 1.807) is 23.7 Å². The first kappa shape index (κ1) is 14.3. The molecule has 0 fully saturated rings. The molecule has 0 atom stereocenters. The number of nitrogens with one attached hydrogen (secondary N) is 2. The molecule has 0 saturated heterocycles. The summed E-state index contributed by atoms with van der Waals surface area (Å²) in [7, 11) is -3.91. The summed E-state index contributed by atoms with van der Waals surface area (Å²) >= 11 is 4.54. The quantitative estimate of drug-likeness (QED) is 0.462. The highest BCUT2D eigenvalue weighted by atomic mass is 79.9. The van der Waals surface area contributed by atoms with Crippen LogP contribution in [0.3, 0.4) is 0 Å². The third-order valence-electron chi connectivity index (χ3n) is 2.60. The van der Waals surface area contributed by atoms with Crippen molar-refractivity contribution in [2.24, 2.45) is 5.84 Å². The largest absolute Gasteiger partial charge is 0.306 e. The Labute approximate surface area is 132 Å². The number of anilines is 2. The van der Waals surface area contributed by atoms with Crippen LogP contribution in [0.25, 0.3) is 4.96 Å². The predicted molar refractivity (Wildman–Crippen MR) is 83.6 cm³/mol. The SMILES string of the molecule is NNc1nc2sccn2c1S(=O)(=O)Nc1ncccc1Br. The molecule has 3 rings (SSSR count). The second-order valence-electron chi connectivity index (χ2n) is 3.90. The van der Waals surface area contributed by atoms with Crippen molar-refractivity contribution in [3.63, 3.8) is 0 Å². The zero-order valence-electron chi connectivity index (χ0n) is 10.3. The van der Waals surface area contributed by atoms with Crippen molar-refractivity contribution in [1.82, 2.24) is 14.4 Å². The molecular formula is C10H9BrN6O2S2. The molecule has 4 N–H and O–H groups in total. The van der Waals surface area contributed by atoms with Gasteiger partial charge in [-0.2, -0.15) is 13.4 Å². The summed E-state index contributed by atoms with van der Waals surface area (Å²) in [4.78, 5) is 8.61. The van der Waals surface area contributed by atoms with Crippen molar-refractivity contribution < 1.29 is 8.42 Å². The third kappa shape index (κ3) is 2.48. The normalized spacial score (nSPS) is 11.7. The maximum absolute atomic E-state index is 12.6. The molecule has 0 aliphatic carbocycles. The van der Waals surface area contributed by atoms with Crippen molar-refractivity contribution in [2.75, 3.05) is 10.1 Å². The fourth-order valence-corrected chi connectivity index (χ4v) is 4.29. The number of fused-ring (bicyclic) bond motifs is 1. The zero-order chi connectivity index (χ0) is 15.0. The predicted octanol–water partition coefficient (Wildman–Crippen LogP) is 1.64. The summed E-state index contributed by atoms with van der Waals surface area (Å²) in [6.07, 6.45) is 3.09. The number of nitrogens with two attached hydrogens (primary N) is 1. The van der Waals surface area contributed by atoms with E-state index in [1.807, 2.05) is 0 Å². The standard InChI is InChI=1S/C10H9BrN6O2S2/c11-6-2-1-3-13-7(6)16-21(18,19)9-8(15-12)14-10-17(9)4-5-20-10/h1-5,15H,12H2,(H,13,16). The van der Waals surface area contributed by atoms with Gasteiger partial charge in [-0.1, -0.05) is 0 Å². The molecule has 21 heavy (non-hydrogen) atoms. The van der Waals surface area contributed by atoms with E-state index in [4.69, 9.17) is 5.84 Å². The maximum Gasteiger partial charge on any atom is 0.283 e. The lowest BCUT2D eigenvalue weighted by molar-refractivity contribution is 0.597. The summed E-state index contributed by atoms with van der Waals surface area (Å²) in [5.41, 5.74) is 2.30. The van der Waals surface area contributed by atoms with Crippen LogP contribution in [0.15, 0.2) is 39.4 Å². The first-order valence-corrected chi connectivity index (χ1v) is 8.74. The number of pyridine rings is 1. The third-order valence-corrected chi connectivity index (χ3v) is 5.36. The highest BCUT2D eigenvalue weighted by Gasteiger charge is 2.26. The molecule has 0 spiro atoms. The van der Waals surface area contributed by atoms with Gasteiger partial charge >= 0.3 is 0 Å². The van der Waals surface area contributed by atoms with Crippen molar-refractivity contribution in [3.8, 4) is 0 Å². The summed E-state index contributed by atoms with van der Waals surface area (Å²) in [6.45, 7) is 0. The molecule has 3 aromatic rings. The van der Waals surface area contributed by atoms with Gasteiger partial charge in [0.25, 0.3) is 10.0 Å². The molecule has 0 radical (unpaired) electrons. The summed E-state index contributed by atoms with van der Waals surface area (Å²) in [5, 5.41) is 1.66. The molecule has 3 aromatic heterocycles. The van der Waals surface area contributed by atoms with Gasteiger partial charge in [0.1, 0.15) is 0 Å². The fraction of sp³-hybridized carbons (Fsp3) is 0. The minimum atomic E-state index is -3.91. The lowest BCUT2D eigenvalue weighted by atomic mass is 10.5. The second-order valence-corrected chi connectivity index (χ2v) is 7.23. The minimum absolute atomic E-state index is 0.0706. The van der Waals surface area contributed by atoms with Crippen LogP contribution in [0.4, 0.5) is 11.6 Å². The first-order valence-electron chi connectivity index (χ1n) is 5.58. The number of nitrogens with zero attached hydrogens (tertiary/aromatic N) is 3. The Morgan fingerprint density at radius 3 is 2.90 bits per heavy atom. The number of thiazole rings is 1. The first-order chi connectivity index (χ1) is 10.0. The van der Waals surface area contributed by atoms with Crippen molar-refractivity contribution in [2.45, 2.75) is 5.03 Å². The Kier molecular flexibility index (Phi) is 3.57. The minimum Gasteiger partial charge on any atom is -0.306 e. The van der Waals surface area contributed by atoms with Crippen LogP contribution in [0.1, 0.15) is 0 Å². The van der Waals surface area contributed by atoms with E-state index < -0.39 is 10.0 Å². The lowest BCUT2D eigenvalue weighted by Crippen LogP contribution is -2.19. The number of hydrogen-bond donors (Lipinski definition) is 3. The Morgan fingerprint density at radius 2 is 2.19 bits per heavy atom. The van der Waals surface area contributed by atoms with E-state index in [2.05, 4.69) is 36.0 Å². The van der Waals surface area contributed by atoms with Crippen LogP contribution in [-0.2, 0) is 10.0 Å². The molecule has 0 aliphatic rings. The topological polar surface area (TPSA) is 114 Å². The Balaban J connectivity index is 2.12. The van der Waals surface area contributed by atoms with Crippen molar-refractivity contribution in [1.29, 1.82) is 0 Å². The summed E-state index contributed by atoms with van der Waals surface area (Å²) < 4.78 is 29.5. The number of sulfonamides is 1. The van der Waals surface area contributed by atoms with Crippen LogP contribution in [-0.4, -0.2) is 22.8 Å². The number of aromatic nitrogens is 3. The van der Waals surface area contributed by atoms with E-state index in [-0.39, 0.29) is 16.7 Å². The van der Waals surface area contributed by atoms with Crippen LogP contribution in [0.5, 0.6) is 0 Å². The molecule has 0 aromatic carbocycles. The van der Waals surface area contributed by atoms with Gasteiger partial charge in [0.05, 0.1) is 4.47 Å². The average Bonchev–Trinajstić information content (AvgIpc) is 3.00. The van der Waals surface area contributed by atoms with Crippen molar-refractivity contribution >= 4 is 53.9 Å². The van der Waals surface area contributed by atoms with Gasteiger partial charge in [-0.25, -0.2) is 10.8 Å². The molecule has 0 unspecified atom stereocenters. The Hall–Kier alpha value is -1.69. The molecule has 0 saturated carbocycles. The zero-order valence-corrected chi connectivity index (χ0v) is 13.5. The van der Waals surface area contributed by atoms with Crippen molar-refractivity contribution in [3.05, 3.63) is 34.4 Å². The second kappa shape index (κ2) is 5.26. The highest BCUT2D eigenvalue weighted by molar-refractivity contribution is 9.10. The molecule has 8 nitrogen and oxygen atoms in total. The van der Waals surface area contributed by atoms with Crippen LogP contribution in [0, 0.1) is 0 Å². The van der Waals surface area contributed by atoms with Gasteiger partial charge in [-0.05, 0) is 28.1 Å². The van der Waals surface area contributed by atoms with E-state index >= 15 is 0 Å². The number of halogens is 1. The maximum atomic E-state index is 12.6. The number of imidazole rings is 1. The average molecular weight is 389 g/mol. The van der Waals surface area contributed by atoms with Gasteiger partial charge in [-0.15, -0.1) is 11.3 Å². The van der Waals surface area contributed by atoms with Crippen LogP contribution in [0.2, 0.25) is 0 Å². The van der Waals surface area contributed by atoms with Gasteiger partial charge < -0.3 is 5.43 Å². The molecule has 0 aliphatic heterocycles. The Morgan fingerprint density at radius 1 is 1.38 bits per heavy atom. The van der Waals surface area contributed by atoms with E-state index in [9.17, 15) is 8.42 Å². The molecule has 11 heteroatoms. The monoisotopic (exact) mass is 388 g/mol. The molecule has 0 amide bonds. The Bertz CT molecular complexity index is 903. The molecule has 110 valence electrons. The number of nitrogen functional groups attached to an aromatic ring is 1. The number of hydrazine groups is 1. The highest BCUT2D eigenvalue weighted by Crippen LogP contribution is 2.28. The van der Waals surface area contributed by atoms with Gasteiger partial charge in [0, 0.05) is 17.8 Å². The molecule has 3 heterocycles. The smallest absolute Gasteiger partial charge is 0.283 e. The van der Waals surface area contributed by atoms with Crippen LogP contribution >= 0.6 is 27.3 Å². The molecular weight excluding hydrogens is 380 g/mol. The summed E-state index contributed by atoms with van der Waals surface area (Å²) in [6, 6.07) is 3.37.